The second kappa shape index (κ2) is 5.18. The van der Waals surface area contributed by atoms with Gasteiger partial charge in [-0.2, -0.15) is 0 Å². The van der Waals surface area contributed by atoms with Crippen LogP contribution >= 0.6 is 34.8 Å². The van der Waals surface area contributed by atoms with Crippen LogP contribution in [0.5, 0.6) is 5.75 Å². The van der Waals surface area contributed by atoms with Crippen LogP contribution in [0.2, 0.25) is 15.2 Å². The molecule has 0 saturated carbocycles. The van der Waals surface area contributed by atoms with E-state index in [-0.39, 0.29) is 26.5 Å². The van der Waals surface area contributed by atoms with Crippen LogP contribution in [0.1, 0.15) is 10.4 Å². The maximum Gasteiger partial charge on any atom is 0.263 e. The number of carbonyl (C=O) groups is 1. The number of phenols is 1. The Bertz CT molecular complexity index is 853. The van der Waals surface area contributed by atoms with Gasteiger partial charge in [0.25, 0.3) is 5.91 Å². The van der Waals surface area contributed by atoms with Crippen molar-refractivity contribution in [2.75, 3.05) is 0 Å². The molecule has 2 aromatic heterocycles. The molecule has 8 heteroatoms. The molecule has 0 radical (unpaired) electrons. The summed E-state index contributed by atoms with van der Waals surface area (Å²) in [6.07, 6.45) is 2.80. The molecule has 21 heavy (non-hydrogen) atoms. The molecule has 0 aliphatic carbocycles. The fraction of sp³-hybridized carbons (Fsp3) is 0. The van der Waals surface area contributed by atoms with Crippen LogP contribution in [-0.4, -0.2) is 25.5 Å². The Kier molecular flexibility index (Phi) is 3.49. The lowest BCUT2D eigenvalue weighted by molar-refractivity contribution is 0.0964. The summed E-state index contributed by atoms with van der Waals surface area (Å²) in [5.41, 5.74) is 0.593. The normalized spacial score (nSPS) is 11.0. The number of fused-ring (bicyclic) bond motifs is 1. The number of hydrogen-bond acceptors (Lipinski definition) is 4. The SMILES string of the molecule is O=C(c1cc(Cl)c(O)c(Cl)c1)n1ccc2c(Cl)ncnc21. The van der Waals surface area contributed by atoms with E-state index in [1.165, 1.54) is 29.2 Å². The first-order valence-electron chi connectivity index (χ1n) is 5.69. The molecule has 2 heterocycles. The number of aromatic hydroxyl groups is 1. The van der Waals surface area contributed by atoms with E-state index in [4.69, 9.17) is 34.8 Å². The molecular formula is C13H6Cl3N3O2. The molecule has 0 atom stereocenters. The van der Waals surface area contributed by atoms with E-state index < -0.39 is 5.91 Å². The van der Waals surface area contributed by atoms with E-state index in [0.717, 1.165) is 0 Å². The van der Waals surface area contributed by atoms with E-state index in [9.17, 15) is 9.90 Å². The number of carbonyl (C=O) groups excluding carboxylic acids is 1. The predicted octanol–water partition coefficient (Wildman–Crippen LogP) is 3.79. The molecule has 0 aliphatic heterocycles. The molecule has 0 saturated heterocycles. The Morgan fingerprint density at radius 1 is 1.14 bits per heavy atom. The summed E-state index contributed by atoms with van der Waals surface area (Å²) in [6, 6.07) is 4.30. The van der Waals surface area contributed by atoms with E-state index in [1.54, 1.807) is 6.07 Å². The van der Waals surface area contributed by atoms with Crippen LogP contribution in [0.15, 0.2) is 30.7 Å². The van der Waals surface area contributed by atoms with E-state index in [2.05, 4.69) is 9.97 Å². The number of phenolic OH excluding ortho intramolecular Hbond substituents is 1. The average Bonchev–Trinajstić information content (AvgIpc) is 2.89. The van der Waals surface area contributed by atoms with Gasteiger partial charge in [-0.15, -0.1) is 0 Å². The number of aromatic nitrogens is 3. The number of halogens is 3. The minimum Gasteiger partial charge on any atom is -0.505 e. The molecule has 1 N–H and O–H groups in total. The van der Waals surface area contributed by atoms with Gasteiger partial charge in [-0.25, -0.2) is 9.97 Å². The predicted molar refractivity (Wildman–Crippen MR) is 80.4 cm³/mol. The minimum atomic E-state index is -0.399. The number of rotatable bonds is 1. The molecule has 5 nitrogen and oxygen atoms in total. The first-order valence-corrected chi connectivity index (χ1v) is 6.82. The molecular weight excluding hydrogens is 337 g/mol. The molecule has 0 bridgehead atoms. The molecule has 0 amide bonds. The van der Waals surface area contributed by atoms with E-state index in [1.807, 2.05) is 0 Å². The summed E-state index contributed by atoms with van der Waals surface area (Å²) < 4.78 is 1.31. The van der Waals surface area contributed by atoms with Crippen LogP contribution in [0.4, 0.5) is 0 Å². The Hall–Kier alpha value is -1.82. The van der Waals surface area contributed by atoms with Crippen molar-refractivity contribution in [1.29, 1.82) is 0 Å². The third kappa shape index (κ3) is 2.33. The summed E-state index contributed by atoms with van der Waals surface area (Å²) in [7, 11) is 0. The number of nitrogens with zero attached hydrogens (tertiary/aromatic N) is 3. The third-order valence-electron chi connectivity index (χ3n) is 2.92. The lowest BCUT2D eigenvalue weighted by Crippen LogP contribution is -2.11. The minimum absolute atomic E-state index is 0.00466. The molecule has 3 rings (SSSR count). The summed E-state index contributed by atoms with van der Waals surface area (Å²) in [4.78, 5) is 20.4. The fourth-order valence-corrected chi connectivity index (χ4v) is 2.59. The monoisotopic (exact) mass is 341 g/mol. The van der Waals surface area contributed by atoms with Crippen molar-refractivity contribution >= 4 is 51.7 Å². The van der Waals surface area contributed by atoms with Crippen molar-refractivity contribution in [3.05, 3.63) is 51.5 Å². The lowest BCUT2D eigenvalue weighted by atomic mass is 10.2. The Morgan fingerprint density at radius 2 is 1.81 bits per heavy atom. The Morgan fingerprint density at radius 3 is 2.48 bits per heavy atom. The van der Waals surface area contributed by atoms with Crippen molar-refractivity contribution < 1.29 is 9.90 Å². The topological polar surface area (TPSA) is 68.0 Å². The molecule has 0 unspecified atom stereocenters. The van der Waals surface area contributed by atoms with E-state index >= 15 is 0 Å². The van der Waals surface area contributed by atoms with Crippen molar-refractivity contribution in [2.45, 2.75) is 0 Å². The highest BCUT2D eigenvalue weighted by molar-refractivity contribution is 6.37. The summed E-state index contributed by atoms with van der Waals surface area (Å²) in [6.45, 7) is 0. The zero-order chi connectivity index (χ0) is 15.1. The van der Waals surface area contributed by atoms with Gasteiger partial charge in [0.05, 0.1) is 15.4 Å². The second-order valence-corrected chi connectivity index (χ2v) is 5.35. The zero-order valence-corrected chi connectivity index (χ0v) is 12.5. The van der Waals surface area contributed by atoms with Gasteiger partial charge in [0.1, 0.15) is 11.5 Å². The summed E-state index contributed by atoms with van der Waals surface area (Å²) >= 11 is 17.6. The lowest BCUT2D eigenvalue weighted by Gasteiger charge is -2.06. The van der Waals surface area contributed by atoms with Crippen molar-refractivity contribution in [3.63, 3.8) is 0 Å². The first kappa shape index (κ1) is 14.1. The largest absolute Gasteiger partial charge is 0.505 e. The van der Waals surface area contributed by atoms with Crippen molar-refractivity contribution in [1.82, 2.24) is 14.5 Å². The van der Waals surface area contributed by atoms with Crippen molar-refractivity contribution in [2.24, 2.45) is 0 Å². The highest BCUT2D eigenvalue weighted by Crippen LogP contribution is 2.33. The smallest absolute Gasteiger partial charge is 0.263 e. The van der Waals surface area contributed by atoms with E-state index in [0.29, 0.717) is 11.0 Å². The van der Waals surface area contributed by atoms with Crippen LogP contribution in [0.25, 0.3) is 11.0 Å². The van der Waals surface area contributed by atoms with Gasteiger partial charge in [-0.05, 0) is 18.2 Å². The second-order valence-electron chi connectivity index (χ2n) is 4.18. The van der Waals surface area contributed by atoms with Gasteiger partial charge < -0.3 is 5.11 Å². The maximum absolute atomic E-state index is 12.5. The van der Waals surface area contributed by atoms with Crippen LogP contribution < -0.4 is 0 Å². The van der Waals surface area contributed by atoms with Gasteiger partial charge in [0.15, 0.2) is 11.4 Å². The Labute approximate surface area is 133 Å². The van der Waals surface area contributed by atoms with Gasteiger partial charge in [-0.1, -0.05) is 34.8 Å². The van der Waals surface area contributed by atoms with Gasteiger partial charge >= 0.3 is 0 Å². The summed E-state index contributed by atoms with van der Waals surface area (Å²) in [5, 5.41) is 10.3. The highest BCUT2D eigenvalue weighted by atomic mass is 35.5. The maximum atomic E-state index is 12.5. The number of hydrogen-bond donors (Lipinski definition) is 1. The standard InChI is InChI=1S/C13H6Cl3N3O2/c14-8-3-6(4-9(15)10(8)20)13(21)19-2-1-7-11(16)17-5-18-12(7)19/h1-5,20H. The van der Waals surface area contributed by atoms with Crippen LogP contribution in [0, 0.1) is 0 Å². The molecule has 106 valence electrons. The summed E-state index contributed by atoms with van der Waals surface area (Å²) in [5.74, 6) is -0.666. The third-order valence-corrected chi connectivity index (χ3v) is 3.79. The molecule has 0 fully saturated rings. The highest BCUT2D eigenvalue weighted by Gasteiger charge is 2.17. The average molecular weight is 343 g/mol. The van der Waals surface area contributed by atoms with Crippen LogP contribution in [0.3, 0.4) is 0 Å². The van der Waals surface area contributed by atoms with Crippen molar-refractivity contribution in [3.8, 4) is 5.75 Å². The van der Waals surface area contributed by atoms with Gasteiger partial charge in [-0.3, -0.25) is 9.36 Å². The Balaban J connectivity index is 2.15. The quantitative estimate of drug-likeness (QED) is 0.683. The molecule has 0 spiro atoms. The van der Waals surface area contributed by atoms with Crippen LogP contribution in [-0.2, 0) is 0 Å². The zero-order valence-electron chi connectivity index (χ0n) is 10.2. The molecule has 0 aliphatic rings. The number of benzene rings is 1. The first-order chi connectivity index (χ1) is 9.99. The van der Waals surface area contributed by atoms with Gasteiger partial charge in [0.2, 0.25) is 0 Å². The van der Waals surface area contributed by atoms with Gasteiger partial charge in [0, 0.05) is 11.8 Å². The molecule has 3 aromatic rings. The fourth-order valence-electron chi connectivity index (χ4n) is 1.91. The molecule has 1 aromatic carbocycles.